The van der Waals surface area contributed by atoms with E-state index in [1.807, 2.05) is 53.8 Å². The van der Waals surface area contributed by atoms with E-state index in [2.05, 4.69) is 17.1 Å². The van der Waals surface area contributed by atoms with Crippen LogP contribution in [0.2, 0.25) is 0 Å². The molecule has 1 unspecified atom stereocenters. The molecule has 2 aromatic heterocycles. The number of nitrogens with zero attached hydrogens (tertiary/aromatic N) is 3. The van der Waals surface area contributed by atoms with Gasteiger partial charge in [-0.25, -0.2) is 9.97 Å². The van der Waals surface area contributed by atoms with E-state index in [0.717, 1.165) is 34.4 Å². The molecule has 122 valence electrons. The van der Waals surface area contributed by atoms with Gasteiger partial charge in [-0.1, -0.05) is 42.5 Å². The Morgan fingerprint density at radius 2 is 1.72 bits per heavy atom. The average molecular weight is 327 g/mol. The van der Waals surface area contributed by atoms with Gasteiger partial charge in [0.1, 0.15) is 0 Å². The molecule has 0 N–H and O–H groups in total. The van der Waals surface area contributed by atoms with Crippen molar-refractivity contribution in [3.05, 3.63) is 77.1 Å². The Balaban J connectivity index is 1.72. The average Bonchev–Trinajstić information content (AvgIpc) is 3.00. The van der Waals surface area contributed by atoms with Gasteiger partial charge in [0, 0.05) is 12.1 Å². The van der Waals surface area contributed by atoms with Crippen LogP contribution in [0.4, 0.5) is 0 Å². The molecular weight excluding hydrogens is 310 g/mol. The fourth-order valence-electron chi connectivity index (χ4n) is 4.02. The Labute approximate surface area is 145 Å². The van der Waals surface area contributed by atoms with Crippen molar-refractivity contribution in [3.8, 4) is 0 Å². The molecule has 0 amide bonds. The molecule has 0 radical (unpaired) electrons. The van der Waals surface area contributed by atoms with Gasteiger partial charge in [0.2, 0.25) is 5.78 Å². The lowest BCUT2D eigenvalue weighted by Crippen LogP contribution is -2.23. The number of Topliss-reactive ketones (excluding diaryl/α,β-unsaturated/α-hetero) is 1. The minimum absolute atomic E-state index is 0.180. The molecule has 0 bridgehead atoms. The van der Waals surface area contributed by atoms with Gasteiger partial charge in [0.15, 0.2) is 5.78 Å². The van der Waals surface area contributed by atoms with Crippen molar-refractivity contribution in [2.24, 2.45) is 0 Å². The van der Waals surface area contributed by atoms with Gasteiger partial charge in [0.25, 0.3) is 0 Å². The molecule has 0 aliphatic heterocycles. The van der Waals surface area contributed by atoms with Crippen LogP contribution in [-0.4, -0.2) is 20.2 Å². The molecule has 4 nitrogen and oxygen atoms in total. The van der Waals surface area contributed by atoms with E-state index in [0.29, 0.717) is 12.2 Å². The number of para-hydroxylation sites is 2. The highest BCUT2D eigenvalue weighted by Crippen LogP contribution is 2.34. The molecule has 4 heteroatoms. The van der Waals surface area contributed by atoms with Gasteiger partial charge >= 0.3 is 0 Å². The Bertz CT molecular complexity index is 1130. The normalized spacial score (nSPS) is 17.2. The zero-order valence-electron chi connectivity index (χ0n) is 13.9. The smallest absolute Gasteiger partial charge is 0.235 e. The van der Waals surface area contributed by atoms with Crippen LogP contribution >= 0.6 is 0 Å². The van der Waals surface area contributed by atoms with Gasteiger partial charge in [-0.2, -0.15) is 0 Å². The number of benzene rings is 2. The van der Waals surface area contributed by atoms with Crippen molar-refractivity contribution in [2.75, 3.05) is 0 Å². The summed E-state index contributed by atoms with van der Waals surface area (Å²) < 4.78 is 2.01. The van der Waals surface area contributed by atoms with E-state index >= 15 is 0 Å². The first-order valence-corrected chi connectivity index (χ1v) is 8.57. The SMILES string of the molecule is Cc1c2c(nc3nc4ccccc4n13)CC(c1ccccc1)CC2=O. The number of aryl methyl sites for hydroxylation is 1. The van der Waals surface area contributed by atoms with Crippen LogP contribution in [0.3, 0.4) is 0 Å². The molecule has 2 aromatic carbocycles. The van der Waals surface area contributed by atoms with Crippen molar-refractivity contribution in [3.63, 3.8) is 0 Å². The summed E-state index contributed by atoms with van der Waals surface area (Å²) in [6.45, 7) is 2.00. The second-order valence-electron chi connectivity index (χ2n) is 6.69. The standard InChI is InChI=1S/C21H17N3O/c1-13-20-17(11-15(12-19(20)25)14-7-3-2-4-8-14)23-21-22-16-9-5-6-10-18(16)24(13)21/h2-10,15H,11-12H2,1H3. The summed E-state index contributed by atoms with van der Waals surface area (Å²) in [6, 6.07) is 18.2. The van der Waals surface area contributed by atoms with Crippen LogP contribution in [0.1, 0.15) is 39.6 Å². The van der Waals surface area contributed by atoms with Crippen LogP contribution in [-0.2, 0) is 6.42 Å². The van der Waals surface area contributed by atoms with E-state index in [9.17, 15) is 4.79 Å². The lowest BCUT2D eigenvalue weighted by Gasteiger charge is -2.24. The molecule has 1 aliphatic rings. The molecule has 0 fully saturated rings. The first-order chi connectivity index (χ1) is 12.2. The van der Waals surface area contributed by atoms with Crippen LogP contribution in [0.15, 0.2) is 54.6 Å². The monoisotopic (exact) mass is 327 g/mol. The minimum Gasteiger partial charge on any atom is -0.294 e. The van der Waals surface area contributed by atoms with Crippen molar-refractivity contribution >= 4 is 22.6 Å². The highest BCUT2D eigenvalue weighted by atomic mass is 16.1. The van der Waals surface area contributed by atoms with Crippen LogP contribution < -0.4 is 0 Å². The van der Waals surface area contributed by atoms with E-state index in [-0.39, 0.29) is 11.7 Å². The molecule has 2 heterocycles. The van der Waals surface area contributed by atoms with Gasteiger partial charge in [-0.15, -0.1) is 0 Å². The predicted molar refractivity (Wildman–Crippen MR) is 97.1 cm³/mol. The summed E-state index contributed by atoms with van der Waals surface area (Å²) in [5, 5.41) is 0. The molecule has 0 saturated heterocycles. The summed E-state index contributed by atoms with van der Waals surface area (Å²) in [5.74, 6) is 1.05. The summed E-state index contributed by atoms with van der Waals surface area (Å²) in [5.41, 5.74) is 5.73. The van der Waals surface area contributed by atoms with Crippen LogP contribution in [0.25, 0.3) is 16.8 Å². The number of hydrogen-bond acceptors (Lipinski definition) is 3. The third-order valence-corrected chi connectivity index (χ3v) is 5.19. The number of fused-ring (bicyclic) bond motifs is 4. The van der Waals surface area contributed by atoms with Crippen LogP contribution in [0.5, 0.6) is 0 Å². The van der Waals surface area contributed by atoms with E-state index in [1.54, 1.807) is 0 Å². The Morgan fingerprint density at radius 3 is 2.56 bits per heavy atom. The number of rotatable bonds is 1. The Kier molecular flexibility index (Phi) is 3.01. The predicted octanol–water partition coefficient (Wildman–Crippen LogP) is 4.10. The zero-order valence-corrected chi connectivity index (χ0v) is 13.9. The first-order valence-electron chi connectivity index (χ1n) is 8.57. The molecule has 0 saturated carbocycles. The highest BCUT2D eigenvalue weighted by Gasteiger charge is 2.30. The van der Waals surface area contributed by atoms with E-state index < -0.39 is 0 Å². The van der Waals surface area contributed by atoms with Crippen molar-refractivity contribution in [2.45, 2.75) is 25.7 Å². The maximum atomic E-state index is 12.9. The molecule has 4 aromatic rings. The van der Waals surface area contributed by atoms with Gasteiger partial charge in [-0.3, -0.25) is 9.20 Å². The van der Waals surface area contributed by atoms with Gasteiger partial charge in [-0.05, 0) is 37.0 Å². The van der Waals surface area contributed by atoms with Crippen molar-refractivity contribution in [1.82, 2.24) is 14.4 Å². The summed E-state index contributed by atoms with van der Waals surface area (Å²) >= 11 is 0. The second-order valence-corrected chi connectivity index (χ2v) is 6.69. The molecule has 1 atom stereocenters. The fraction of sp³-hybridized carbons (Fsp3) is 0.190. The van der Waals surface area contributed by atoms with Crippen molar-refractivity contribution < 1.29 is 4.79 Å². The molecule has 25 heavy (non-hydrogen) atoms. The lowest BCUT2D eigenvalue weighted by atomic mass is 9.81. The van der Waals surface area contributed by atoms with E-state index in [1.165, 1.54) is 5.56 Å². The molecule has 0 spiro atoms. The highest BCUT2D eigenvalue weighted by molar-refractivity contribution is 6.00. The minimum atomic E-state index is 0.180. The van der Waals surface area contributed by atoms with Gasteiger partial charge in [0.05, 0.1) is 22.3 Å². The Morgan fingerprint density at radius 1 is 0.960 bits per heavy atom. The number of carbonyl (C=O) groups excluding carboxylic acids is 1. The number of hydrogen-bond donors (Lipinski definition) is 0. The van der Waals surface area contributed by atoms with Crippen molar-refractivity contribution in [1.29, 1.82) is 0 Å². The number of ketones is 1. The zero-order chi connectivity index (χ0) is 17.0. The molecular formula is C21H17N3O. The third kappa shape index (κ3) is 2.10. The second kappa shape index (κ2) is 5.24. The third-order valence-electron chi connectivity index (χ3n) is 5.19. The van der Waals surface area contributed by atoms with Crippen LogP contribution in [0, 0.1) is 6.92 Å². The molecule has 1 aliphatic carbocycles. The largest absolute Gasteiger partial charge is 0.294 e. The maximum Gasteiger partial charge on any atom is 0.235 e. The van der Waals surface area contributed by atoms with E-state index in [4.69, 9.17) is 4.98 Å². The number of imidazole rings is 1. The number of carbonyl (C=O) groups is 1. The molecule has 5 rings (SSSR count). The summed E-state index contributed by atoms with van der Waals surface area (Å²) in [7, 11) is 0. The topological polar surface area (TPSA) is 47.3 Å². The number of aromatic nitrogens is 3. The van der Waals surface area contributed by atoms with Gasteiger partial charge < -0.3 is 0 Å². The lowest BCUT2D eigenvalue weighted by molar-refractivity contribution is 0.0962. The Hall–Kier alpha value is -3.01. The maximum absolute atomic E-state index is 12.9. The quantitative estimate of drug-likeness (QED) is 0.529. The fourth-order valence-corrected chi connectivity index (χ4v) is 4.02. The first kappa shape index (κ1) is 14.3. The summed E-state index contributed by atoms with van der Waals surface area (Å²) in [6.07, 6.45) is 1.32. The summed E-state index contributed by atoms with van der Waals surface area (Å²) in [4.78, 5) is 22.3.